The van der Waals surface area contributed by atoms with Crippen molar-refractivity contribution in [1.29, 1.82) is 0 Å². The molecule has 0 aromatic heterocycles. The second kappa shape index (κ2) is 12.6. The van der Waals surface area contributed by atoms with Crippen LogP contribution in [0.5, 0.6) is 5.75 Å². The summed E-state index contributed by atoms with van der Waals surface area (Å²) in [5, 5.41) is 3.10. The Balaban J connectivity index is 1.93. The van der Waals surface area contributed by atoms with Crippen LogP contribution < -0.4 is 14.4 Å². The summed E-state index contributed by atoms with van der Waals surface area (Å²) >= 11 is 3.36. The topological polar surface area (TPSA) is 96.0 Å². The molecule has 1 aliphatic carbocycles. The van der Waals surface area contributed by atoms with Crippen molar-refractivity contribution in [2.75, 3.05) is 24.2 Å². The summed E-state index contributed by atoms with van der Waals surface area (Å²) in [4.78, 5) is 28.6. The van der Waals surface area contributed by atoms with Gasteiger partial charge in [-0.25, -0.2) is 8.42 Å². The molecule has 0 spiro atoms. The zero-order valence-corrected chi connectivity index (χ0v) is 23.3. The Morgan fingerprint density at radius 3 is 2.44 bits per heavy atom. The molecule has 8 nitrogen and oxygen atoms in total. The highest BCUT2D eigenvalue weighted by molar-refractivity contribution is 9.10. The Hall–Kier alpha value is -2.59. The molecular weight excluding hydrogens is 546 g/mol. The first kappa shape index (κ1) is 28.0. The minimum absolute atomic E-state index is 0.106. The Kier molecular flexibility index (Phi) is 9.78. The number of rotatable bonds is 11. The van der Waals surface area contributed by atoms with Gasteiger partial charge in [-0.2, -0.15) is 0 Å². The fourth-order valence-electron chi connectivity index (χ4n) is 4.50. The summed E-state index contributed by atoms with van der Waals surface area (Å²) in [7, 11) is -2.21. The number of methoxy groups -OCH3 is 1. The molecule has 2 aromatic carbocycles. The van der Waals surface area contributed by atoms with E-state index in [0.717, 1.165) is 41.8 Å². The molecule has 196 valence electrons. The first-order valence-corrected chi connectivity index (χ1v) is 14.7. The minimum atomic E-state index is -3.77. The second-order valence-electron chi connectivity index (χ2n) is 9.04. The zero-order valence-electron chi connectivity index (χ0n) is 20.9. The van der Waals surface area contributed by atoms with E-state index in [9.17, 15) is 18.0 Å². The molecule has 0 radical (unpaired) electrons. The lowest BCUT2D eigenvalue weighted by atomic mass is 10.1. The van der Waals surface area contributed by atoms with E-state index in [0.29, 0.717) is 22.3 Å². The maximum absolute atomic E-state index is 13.8. The molecule has 1 fully saturated rings. The van der Waals surface area contributed by atoms with E-state index in [2.05, 4.69) is 21.2 Å². The predicted octanol–water partition coefficient (Wildman–Crippen LogP) is 4.09. The second-order valence-corrected chi connectivity index (χ2v) is 11.9. The number of ether oxygens (including phenoxy) is 1. The number of amides is 2. The van der Waals surface area contributed by atoms with Crippen LogP contribution in [0.15, 0.2) is 53.0 Å². The van der Waals surface area contributed by atoms with Gasteiger partial charge in [0.1, 0.15) is 18.3 Å². The number of nitrogens with zero attached hydrogens (tertiary/aromatic N) is 2. The van der Waals surface area contributed by atoms with E-state index in [1.54, 1.807) is 37.4 Å². The Bertz CT molecular complexity index is 1170. The molecule has 0 heterocycles. The number of carbonyl (C=O) groups is 2. The van der Waals surface area contributed by atoms with Crippen LogP contribution in [0, 0.1) is 0 Å². The van der Waals surface area contributed by atoms with Gasteiger partial charge in [0.05, 0.1) is 19.1 Å². The standard InChI is InChI=1S/C26H34BrN3O5S/c1-4-24(26(32)28-21-11-5-6-12-21)29(17-19-9-7-14-23(15-19)35-2)25(31)18-30(36(3,33)34)22-13-8-10-20(27)16-22/h7-10,13-16,21,24H,4-6,11-12,17-18H2,1-3H3,(H,28,32)/t24-/m1/s1. The van der Waals surface area contributed by atoms with Crippen molar-refractivity contribution in [3.05, 3.63) is 58.6 Å². The molecule has 0 unspecified atom stereocenters. The van der Waals surface area contributed by atoms with Gasteiger partial charge in [0, 0.05) is 17.1 Å². The van der Waals surface area contributed by atoms with E-state index >= 15 is 0 Å². The number of sulfonamides is 1. The third-order valence-corrected chi connectivity index (χ3v) is 7.98. The van der Waals surface area contributed by atoms with E-state index < -0.39 is 28.5 Å². The number of carbonyl (C=O) groups excluding carboxylic acids is 2. The highest BCUT2D eigenvalue weighted by Gasteiger charge is 2.33. The van der Waals surface area contributed by atoms with Gasteiger partial charge in [-0.3, -0.25) is 13.9 Å². The Labute approximate surface area is 222 Å². The fraction of sp³-hybridized carbons (Fsp3) is 0.462. The molecule has 3 rings (SSSR count). The minimum Gasteiger partial charge on any atom is -0.497 e. The number of halogens is 1. The van der Waals surface area contributed by atoms with Gasteiger partial charge in [0.2, 0.25) is 21.8 Å². The number of hydrogen-bond donors (Lipinski definition) is 1. The van der Waals surface area contributed by atoms with Crippen LogP contribution in [0.3, 0.4) is 0 Å². The van der Waals surface area contributed by atoms with Crippen molar-refractivity contribution in [2.45, 2.75) is 57.7 Å². The monoisotopic (exact) mass is 579 g/mol. The highest BCUT2D eigenvalue weighted by Crippen LogP contribution is 2.24. The van der Waals surface area contributed by atoms with Crippen molar-refractivity contribution in [1.82, 2.24) is 10.2 Å². The third kappa shape index (κ3) is 7.46. The van der Waals surface area contributed by atoms with E-state index in [-0.39, 0.29) is 18.5 Å². The maximum Gasteiger partial charge on any atom is 0.244 e. The van der Waals surface area contributed by atoms with Crippen LogP contribution in [0.1, 0.15) is 44.6 Å². The van der Waals surface area contributed by atoms with Crippen molar-refractivity contribution in [3.63, 3.8) is 0 Å². The molecule has 10 heteroatoms. The molecule has 1 N–H and O–H groups in total. The maximum atomic E-state index is 13.8. The fourth-order valence-corrected chi connectivity index (χ4v) is 5.73. The van der Waals surface area contributed by atoms with Crippen molar-refractivity contribution < 1.29 is 22.7 Å². The first-order valence-electron chi connectivity index (χ1n) is 12.1. The lowest BCUT2D eigenvalue weighted by molar-refractivity contribution is -0.140. The lowest BCUT2D eigenvalue weighted by Crippen LogP contribution is -2.53. The smallest absolute Gasteiger partial charge is 0.244 e. The van der Waals surface area contributed by atoms with Gasteiger partial charge in [0.25, 0.3) is 0 Å². The molecule has 0 aliphatic heterocycles. The van der Waals surface area contributed by atoms with Gasteiger partial charge >= 0.3 is 0 Å². The molecule has 2 aromatic rings. The number of benzene rings is 2. The summed E-state index contributed by atoms with van der Waals surface area (Å²) in [6.07, 6.45) is 5.46. The Morgan fingerprint density at radius 1 is 1.14 bits per heavy atom. The summed E-state index contributed by atoms with van der Waals surface area (Å²) in [5.74, 6) is -0.0408. The van der Waals surface area contributed by atoms with Crippen LogP contribution in [-0.4, -0.2) is 57.1 Å². The average Bonchev–Trinajstić information content (AvgIpc) is 3.34. The van der Waals surface area contributed by atoms with E-state index in [1.807, 2.05) is 25.1 Å². The molecule has 1 atom stereocenters. The van der Waals surface area contributed by atoms with E-state index in [1.165, 1.54) is 4.90 Å². The van der Waals surface area contributed by atoms with Gasteiger partial charge in [-0.15, -0.1) is 0 Å². The van der Waals surface area contributed by atoms with Crippen LogP contribution in [0.25, 0.3) is 0 Å². The molecule has 1 aliphatic rings. The summed E-state index contributed by atoms with van der Waals surface area (Å²) in [6, 6.07) is 13.4. The predicted molar refractivity (Wildman–Crippen MR) is 144 cm³/mol. The van der Waals surface area contributed by atoms with Crippen molar-refractivity contribution >= 4 is 43.5 Å². The van der Waals surface area contributed by atoms with Gasteiger partial charge < -0.3 is 15.0 Å². The summed E-state index contributed by atoms with van der Waals surface area (Å²) in [5.41, 5.74) is 1.15. The van der Waals surface area contributed by atoms with Crippen molar-refractivity contribution in [2.24, 2.45) is 0 Å². The van der Waals surface area contributed by atoms with Crippen LogP contribution in [0.2, 0.25) is 0 Å². The van der Waals surface area contributed by atoms with Gasteiger partial charge in [0.15, 0.2) is 0 Å². The summed E-state index contributed by atoms with van der Waals surface area (Å²) in [6.45, 7) is 1.57. The van der Waals surface area contributed by atoms with Gasteiger partial charge in [-0.1, -0.05) is 53.9 Å². The van der Waals surface area contributed by atoms with Crippen molar-refractivity contribution in [3.8, 4) is 5.75 Å². The number of nitrogens with one attached hydrogen (secondary N) is 1. The first-order chi connectivity index (χ1) is 17.1. The molecule has 1 saturated carbocycles. The normalized spacial score (nSPS) is 14.8. The van der Waals surface area contributed by atoms with Crippen LogP contribution in [0.4, 0.5) is 5.69 Å². The van der Waals surface area contributed by atoms with E-state index in [4.69, 9.17) is 4.74 Å². The summed E-state index contributed by atoms with van der Waals surface area (Å²) < 4.78 is 32.5. The molecule has 2 amide bonds. The van der Waals surface area contributed by atoms with Crippen LogP contribution >= 0.6 is 15.9 Å². The SMILES string of the molecule is CC[C@H](C(=O)NC1CCCC1)N(Cc1cccc(OC)c1)C(=O)CN(c1cccc(Br)c1)S(C)(=O)=O. The quantitative estimate of drug-likeness (QED) is 0.432. The Morgan fingerprint density at radius 2 is 1.83 bits per heavy atom. The molecule has 0 bridgehead atoms. The molecular formula is C26H34BrN3O5S. The molecule has 36 heavy (non-hydrogen) atoms. The molecule has 0 saturated heterocycles. The van der Waals surface area contributed by atoms with Crippen LogP contribution in [-0.2, 0) is 26.2 Å². The largest absolute Gasteiger partial charge is 0.497 e. The zero-order chi connectivity index (χ0) is 26.3. The average molecular weight is 581 g/mol. The number of anilines is 1. The number of hydrogen-bond acceptors (Lipinski definition) is 5. The van der Waals surface area contributed by atoms with Gasteiger partial charge in [-0.05, 0) is 55.2 Å². The lowest BCUT2D eigenvalue weighted by Gasteiger charge is -2.33. The highest BCUT2D eigenvalue weighted by atomic mass is 79.9. The third-order valence-electron chi connectivity index (χ3n) is 6.35.